The van der Waals surface area contributed by atoms with E-state index in [0.29, 0.717) is 24.7 Å². The molecule has 1 amide bonds. The first-order valence-electron chi connectivity index (χ1n) is 11.5. The zero-order valence-corrected chi connectivity index (χ0v) is 19.7. The topological polar surface area (TPSA) is 108 Å². The van der Waals surface area contributed by atoms with Crippen molar-refractivity contribution in [2.45, 2.75) is 18.8 Å². The van der Waals surface area contributed by atoms with Gasteiger partial charge in [0.05, 0.1) is 23.9 Å². The molecule has 0 bridgehead atoms. The third-order valence-electron chi connectivity index (χ3n) is 6.25. The summed E-state index contributed by atoms with van der Waals surface area (Å²) in [5, 5.41) is 0. The molecule has 10 heteroatoms. The Morgan fingerprint density at radius 2 is 2.03 bits per heavy atom. The van der Waals surface area contributed by atoms with Gasteiger partial charge in [0.1, 0.15) is 17.3 Å². The van der Waals surface area contributed by atoms with E-state index in [1.165, 1.54) is 12.1 Å². The van der Waals surface area contributed by atoms with Crippen molar-refractivity contribution in [3.8, 4) is 28.8 Å². The Hall–Kier alpha value is -4.47. The van der Waals surface area contributed by atoms with Crippen LogP contribution in [0, 0.1) is 5.82 Å². The van der Waals surface area contributed by atoms with Gasteiger partial charge in [-0.2, -0.15) is 0 Å². The molecule has 1 atom stereocenters. The van der Waals surface area contributed by atoms with Gasteiger partial charge in [0.2, 0.25) is 17.7 Å². The van der Waals surface area contributed by atoms with Gasteiger partial charge in [-0.3, -0.25) is 9.20 Å². The van der Waals surface area contributed by atoms with Gasteiger partial charge in [-0.25, -0.2) is 19.3 Å². The number of nitrogen functional groups attached to an aromatic ring is 1. The molecule has 5 rings (SSSR count). The maximum atomic E-state index is 15.4. The number of hydrogen-bond acceptors (Lipinski definition) is 7. The number of hydrogen-bond donors (Lipinski definition) is 1. The summed E-state index contributed by atoms with van der Waals surface area (Å²) in [5.74, 6) is 0.971. The maximum Gasteiger partial charge on any atom is 0.245 e. The Balaban J connectivity index is 1.52. The minimum Gasteiger partial charge on any atom is -0.497 e. The van der Waals surface area contributed by atoms with Gasteiger partial charge >= 0.3 is 0 Å². The number of amides is 1. The second-order valence-corrected chi connectivity index (χ2v) is 8.45. The number of aromatic nitrogens is 4. The zero-order valence-electron chi connectivity index (χ0n) is 19.7. The number of benzene rings is 1. The number of halogens is 1. The third-order valence-corrected chi connectivity index (χ3v) is 6.25. The molecular weight excluding hydrogens is 463 g/mol. The van der Waals surface area contributed by atoms with Crippen molar-refractivity contribution in [1.82, 2.24) is 24.3 Å². The van der Waals surface area contributed by atoms with Gasteiger partial charge in [0.15, 0.2) is 5.82 Å². The molecule has 1 fully saturated rings. The van der Waals surface area contributed by atoms with Crippen molar-refractivity contribution >= 4 is 17.4 Å². The van der Waals surface area contributed by atoms with E-state index in [-0.39, 0.29) is 35.0 Å². The van der Waals surface area contributed by atoms with E-state index in [2.05, 4.69) is 16.5 Å². The smallest absolute Gasteiger partial charge is 0.245 e. The molecule has 2 N–H and O–H groups in total. The lowest BCUT2D eigenvalue weighted by atomic mass is 9.94. The number of anilines is 1. The molecular formula is C26H25FN6O3. The summed E-state index contributed by atoms with van der Waals surface area (Å²) in [6.07, 6.45) is 6.14. The van der Waals surface area contributed by atoms with Gasteiger partial charge in [0.25, 0.3) is 0 Å². The Bertz CT molecular complexity index is 1450. The van der Waals surface area contributed by atoms with Crippen LogP contribution >= 0.6 is 0 Å². The zero-order chi connectivity index (χ0) is 25.2. The van der Waals surface area contributed by atoms with E-state index in [1.54, 1.807) is 59.1 Å². The van der Waals surface area contributed by atoms with Gasteiger partial charge in [-0.1, -0.05) is 6.58 Å². The second-order valence-electron chi connectivity index (χ2n) is 8.45. The summed E-state index contributed by atoms with van der Waals surface area (Å²) >= 11 is 0. The Morgan fingerprint density at radius 3 is 2.81 bits per heavy atom. The molecule has 3 aromatic heterocycles. The monoisotopic (exact) mass is 488 g/mol. The standard InChI is InChI=1S/C26H25FN6O3/c1-3-23(34)32-12-4-5-16(15-32)24-21-9-11-30-26(28)33(21)25(31-24)19-7-6-18(13-20(19)27)36-22-14-17(35-2)8-10-29-22/h3,6-11,13-14,16H,1,4-5,12,15H2,2H3,(H2,28,30). The van der Waals surface area contributed by atoms with E-state index >= 15 is 4.39 Å². The predicted octanol–water partition coefficient (Wildman–Crippen LogP) is 4.21. The molecule has 4 heterocycles. The first-order valence-corrected chi connectivity index (χ1v) is 11.5. The number of likely N-dealkylation sites (tertiary alicyclic amines) is 1. The number of rotatable bonds is 6. The molecule has 0 radical (unpaired) electrons. The number of nitrogens with zero attached hydrogens (tertiary/aromatic N) is 5. The molecule has 1 aliphatic rings. The number of fused-ring (bicyclic) bond motifs is 1. The molecule has 0 saturated carbocycles. The highest BCUT2D eigenvalue weighted by atomic mass is 19.1. The Morgan fingerprint density at radius 1 is 1.19 bits per heavy atom. The summed E-state index contributed by atoms with van der Waals surface area (Å²) < 4.78 is 27.9. The van der Waals surface area contributed by atoms with E-state index in [1.807, 2.05) is 0 Å². The minimum absolute atomic E-state index is 0.0296. The van der Waals surface area contributed by atoms with Crippen molar-refractivity contribution in [1.29, 1.82) is 0 Å². The number of imidazole rings is 1. The second kappa shape index (κ2) is 9.65. The van der Waals surface area contributed by atoms with Crippen LogP contribution in [0.5, 0.6) is 17.4 Å². The van der Waals surface area contributed by atoms with Crippen LogP contribution in [0.4, 0.5) is 10.3 Å². The van der Waals surface area contributed by atoms with E-state index < -0.39 is 5.82 Å². The molecule has 1 saturated heterocycles. The first kappa shape index (κ1) is 23.3. The number of methoxy groups -OCH3 is 1. The molecule has 1 unspecified atom stereocenters. The molecule has 1 aliphatic heterocycles. The fourth-order valence-electron chi connectivity index (χ4n) is 4.53. The largest absolute Gasteiger partial charge is 0.497 e. The first-order chi connectivity index (χ1) is 17.5. The maximum absolute atomic E-state index is 15.4. The van der Waals surface area contributed by atoms with Crippen LogP contribution in [0.1, 0.15) is 24.5 Å². The number of pyridine rings is 1. The Labute approximate surface area is 207 Å². The van der Waals surface area contributed by atoms with Crippen LogP contribution in [0.2, 0.25) is 0 Å². The van der Waals surface area contributed by atoms with E-state index in [9.17, 15) is 4.79 Å². The quantitative estimate of drug-likeness (QED) is 0.405. The summed E-state index contributed by atoms with van der Waals surface area (Å²) in [7, 11) is 1.54. The molecule has 4 aromatic rings. The van der Waals surface area contributed by atoms with Gasteiger partial charge < -0.3 is 20.1 Å². The van der Waals surface area contributed by atoms with Crippen molar-refractivity contribution < 1.29 is 18.7 Å². The Kier molecular flexibility index (Phi) is 6.24. The third kappa shape index (κ3) is 4.33. The van der Waals surface area contributed by atoms with E-state index in [0.717, 1.165) is 24.1 Å². The highest BCUT2D eigenvalue weighted by Gasteiger charge is 2.29. The fraction of sp³-hybridized carbons (Fsp3) is 0.231. The lowest BCUT2D eigenvalue weighted by molar-refractivity contribution is -0.127. The number of piperidine rings is 1. The lowest BCUT2D eigenvalue weighted by Gasteiger charge is -2.31. The molecule has 36 heavy (non-hydrogen) atoms. The molecule has 1 aromatic carbocycles. The van der Waals surface area contributed by atoms with Crippen molar-refractivity contribution in [3.05, 3.63) is 73.0 Å². The molecule has 0 aliphatic carbocycles. The van der Waals surface area contributed by atoms with Crippen LogP contribution in [0.15, 0.2) is 61.4 Å². The average Bonchev–Trinajstić information content (AvgIpc) is 3.29. The number of carbonyl (C=O) groups excluding carboxylic acids is 1. The number of nitrogens with two attached hydrogens (primary N) is 1. The van der Waals surface area contributed by atoms with Gasteiger partial charge in [-0.05, 0) is 43.2 Å². The summed E-state index contributed by atoms with van der Waals surface area (Å²) in [4.78, 5) is 27.1. The SMILES string of the molecule is C=CC(=O)N1CCCC(c2nc(-c3ccc(Oc4cc(OC)ccn4)cc3F)n3c(N)nccc23)C1. The minimum atomic E-state index is -0.538. The number of ether oxygens (including phenoxy) is 2. The van der Waals surface area contributed by atoms with Crippen LogP contribution < -0.4 is 15.2 Å². The van der Waals surface area contributed by atoms with Crippen molar-refractivity contribution in [3.63, 3.8) is 0 Å². The molecule has 184 valence electrons. The molecule has 9 nitrogen and oxygen atoms in total. The van der Waals surface area contributed by atoms with Crippen LogP contribution in [0.3, 0.4) is 0 Å². The summed E-state index contributed by atoms with van der Waals surface area (Å²) in [6, 6.07) is 9.60. The van der Waals surface area contributed by atoms with Crippen LogP contribution in [0.25, 0.3) is 16.9 Å². The number of carbonyl (C=O) groups is 1. The van der Waals surface area contributed by atoms with Crippen LogP contribution in [-0.4, -0.2) is 50.4 Å². The lowest BCUT2D eigenvalue weighted by Crippen LogP contribution is -2.38. The molecule has 0 spiro atoms. The predicted molar refractivity (Wildman–Crippen MR) is 132 cm³/mol. The highest BCUT2D eigenvalue weighted by Crippen LogP contribution is 2.35. The van der Waals surface area contributed by atoms with Gasteiger partial charge in [-0.15, -0.1) is 0 Å². The fourth-order valence-corrected chi connectivity index (χ4v) is 4.53. The normalized spacial score (nSPS) is 15.6. The van der Waals surface area contributed by atoms with Crippen molar-refractivity contribution in [2.24, 2.45) is 0 Å². The van der Waals surface area contributed by atoms with Crippen LogP contribution in [-0.2, 0) is 4.79 Å². The summed E-state index contributed by atoms with van der Waals surface area (Å²) in [6.45, 7) is 4.76. The summed E-state index contributed by atoms with van der Waals surface area (Å²) in [5.41, 5.74) is 7.94. The van der Waals surface area contributed by atoms with Gasteiger partial charge in [0, 0.05) is 43.5 Å². The average molecular weight is 489 g/mol. The highest BCUT2D eigenvalue weighted by molar-refractivity contribution is 5.87. The van der Waals surface area contributed by atoms with E-state index in [4.69, 9.17) is 20.2 Å². The van der Waals surface area contributed by atoms with Crippen molar-refractivity contribution in [2.75, 3.05) is 25.9 Å².